The molecule has 0 N–H and O–H groups in total. The number of hydrogen-bond donors (Lipinski definition) is 0. The van der Waals surface area contributed by atoms with Gasteiger partial charge in [0.1, 0.15) is 0 Å². The topological polar surface area (TPSA) is 0 Å². The minimum atomic E-state index is 0.722. The standard InChI is InChI=1S/C13H22/c1-5-8-7(2)10-11(8)12(10)9-6-13(9,3)4/h7-12H,5-6H2,1-4H3. The van der Waals surface area contributed by atoms with Gasteiger partial charge in [-0.15, -0.1) is 0 Å². The third-order valence-electron chi connectivity index (χ3n) is 5.49. The summed E-state index contributed by atoms with van der Waals surface area (Å²) >= 11 is 0. The van der Waals surface area contributed by atoms with Crippen molar-refractivity contribution in [3.8, 4) is 0 Å². The Morgan fingerprint density at radius 1 is 1.15 bits per heavy atom. The third-order valence-corrected chi connectivity index (χ3v) is 5.49. The molecule has 0 radical (unpaired) electrons. The van der Waals surface area contributed by atoms with Crippen LogP contribution in [0.3, 0.4) is 0 Å². The molecule has 0 saturated heterocycles. The Balaban J connectivity index is 1.67. The summed E-state index contributed by atoms with van der Waals surface area (Å²) in [6.07, 6.45) is 2.96. The first-order chi connectivity index (χ1) is 6.08. The molecule has 0 aromatic rings. The maximum atomic E-state index is 2.49. The number of rotatable bonds is 2. The van der Waals surface area contributed by atoms with Gasteiger partial charge in [-0.2, -0.15) is 0 Å². The first-order valence-corrected chi connectivity index (χ1v) is 6.08. The average molecular weight is 178 g/mol. The van der Waals surface area contributed by atoms with Gasteiger partial charge in [-0.1, -0.05) is 34.1 Å². The Kier molecular flexibility index (Phi) is 1.37. The highest BCUT2D eigenvalue weighted by Crippen LogP contribution is 2.77. The molecule has 6 atom stereocenters. The molecule has 3 fully saturated rings. The van der Waals surface area contributed by atoms with Gasteiger partial charge >= 0.3 is 0 Å². The van der Waals surface area contributed by atoms with Gasteiger partial charge in [-0.3, -0.25) is 0 Å². The first kappa shape index (κ1) is 8.32. The van der Waals surface area contributed by atoms with Gasteiger partial charge in [0.2, 0.25) is 0 Å². The Bertz CT molecular complexity index is 240. The Morgan fingerprint density at radius 2 is 1.77 bits per heavy atom. The molecule has 0 aliphatic heterocycles. The van der Waals surface area contributed by atoms with Crippen molar-refractivity contribution in [2.75, 3.05) is 0 Å². The summed E-state index contributed by atoms with van der Waals surface area (Å²) in [7, 11) is 0. The molecule has 0 nitrogen and oxygen atoms in total. The SMILES string of the molecule is CCC1C(C)C2C1C2C1CC1(C)C. The van der Waals surface area contributed by atoms with E-state index in [-0.39, 0.29) is 0 Å². The molecule has 13 heavy (non-hydrogen) atoms. The molecule has 0 heteroatoms. The molecule has 0 aromatic heterocycles. The summed E-state index contributed by atoms with van der Waals surface area (Å²) < 4.78 is 0. The zero-order valence-corrected chi connectivity index (χ0v) is 9.38. The number of hydrogen-bond acceptors (Lipinski definition) is 0. The van der Waals surface area contributed by atoms with Crippen LogP contribution in [0, 0.1) is 40.9 Å². The lowest BCUT2D eigenvalue weighted by atomic mass is 9.74. The largest absolute Gasteiger partial charge is 0.0651 e. The summed E-state index contributed by atoms with van der Waals surface area (Å²) in [5.41, 5.74) is 0.722. The molecule has 0 heterocycles. The molecule has 0 aromatic carbocycles. The van der Waals surface area contributed by atoms with Crippen molar-refractivity contribution in [2.45, 2.75) is 40.5 Å². The van der Waals surface area contributed by atoms with Crippen molar-refractivity contribution in [3.63, 3.8) is 0 Å². The summed E-state index contributed by atoms with van der Waals surface area (Å²) in [6.45, 7) is 9.79. The van der Waals surface area contributed by atoms with Crippen molar-refractivity contribution in [3.05, 3.63) is 0 Å². The maximum absolute atomic E-state index is 2.49. The van der Waals surface area contributed by atoms with Gasteiger partial charge in [-0.25, -0.2) is 0 Å². The Morgan fingerprint density at radius 3 is 2.15 bits per heavy atom. The molecule has 0 amide bonds. The van der Waals surface area contributed by atoms with Crippen LogP contribution in [0.4, 0.5) is 0 Å². The van der Waals surface area contributed by atoms with Crippen LogP contribution in [-0.4, -0.2) is 0 Å². The molecule has 0 bridgehead atoms. The van der Waals surface area contributed by atoms with Gasteiger partial charge in [-0.05, 0) is 47.3 Å². The van der Waals surface area contributed by atoms with E-state index in [1.54, 1.807) is 0 Å². The van der Waals surface area contributed by atoms with E-state index < -0.39 is 0 Å². The van der Waals surface area contributed by atoms with E-state index >= 15 is 0 Å². The smallest absolute Gasteiger partial charge is 0.0313 e. The second-order valence-electron chi connectivity index (χ2n) is 6.46. The summed E-state index contributed by atoms with van der Waals surface area (Å²) in [5, 5.41) is 0. The van der Waals surface area contributed by atoms with Crippen LogP contribution in [0.2, 0.25) is 0 Å². The molecule has 3 aliphatic carbocycles. The van der Waals surface area contributed by atoms with Crippen molar-refractivity contribution < 1.29 is 0 Å². The second-order valence-corrected chi connectivity index (χ2v) is 6.46. The molecular weight excluding hydrogens is 156 g/mol. The van der Waals surface area contributed by atoms with Crippen molar-refractivity contribution in [1.29, 1.82) is 0 Å². The summed E-state index contributed by atoms with van der Waals surface area (Å²) in [5.74, 6) is 6.78. The van der Waals surface area contributed by atoms with E-state index in [1.807, 2.05) is 0 Å². The molecule has 74 valence electrons. The van der Waals surface area contributed by atoms with Crippen LogP contribution in [-0.2, 0) is 0 Å². The fourth-order valence-electron chi connectivity index (χ4n) is 4.49. The van der Waals surface area contributed by atoms with Gasteiger partial charge in [0.15, 0.2) is 0 Å². The van der Waals surface area contributed by atoms with Crippen LogP contribution in [0.25, 0.3) is 0 Å². The minimum Gasteiger partial charge on any atom is -0.0651 e. The van der Waals surface area contributed by atoms with E-state index in [0.29, 0.717) is 0 Å². The first-order valence-electron chi connectivity index (χ1n) is 6.08. The van der Waals surface area contributed by atoms with Crippen molar-refractivity contribution in [1.82, 2.24) is 0 Å². The maximum Gasteiger partial charge on any atom is -0.0313 e. The van der Waals surface area contributed by atoms with Crippen LogP contribution in [0.5, 0.6) is 0 Å². The second kappa shape index (κ2) is 2.15. The summed E-state index contributed by atoms with van der Waals surface area (Å²) in [4.78, 5) is 0. The van der Waals surface area contributed by atoms with E-state index in [4.69, 9.17) is 0 Å². The Hall–Kier alpha value is 0. The Labute approximate surface area is 82.1 Å². The van der Waals surface area contributed by atoms with Crippen molar-refractivity contribution in [2.24, 2.45) is 40.9 Å². The lowest BCUT2D eigenvalue weighted by molar-refractivity contribution is 0.168. The zero-order chi connectivity index (χ0) is 9.38. The third kappa shape index (κ3) is 0.877. The molecular formula is C13H22. The molecule has 3 aliphatic rings. The highest BCUT2D eigenvalue weighted by atomic mass is 14.8. The fraction of sp³-hybridized carbons (Fsp3) is 1.00. The highest BCUT2D eigenvalue weighted by Gasteiger charge is 2.72. The molecule has 3 saturated carbocycles. The zero-order valence-electron chi connectivity index (χ0n) is 9.38. The monoisotopic (exact) mass is 178 g/mol. The van der Waals surface area contributed by atoms with E-state index in [2.05, 4.69) is 27.7 Å². The molecule has 3 rings (SSSR count). The minimum absolute atomic E-state index is 0.722. The highest BCUT2D eigenvalue weighted by molar-refractivity contribution is 5.20. The van der Waals surface area contributed by atoms with Gasteiger partial charge in [0.25, 0.3) is 0 Å². The van der Waals surface area contributed by atoms with Gasteiger partial charge in [0.05, 0.1) is 0 Å². The van der Waals surface area contributed by atoms with Gasteiger partial charge < -0.3 is 0 Å². The predicted molar refractivity (Wildman–Crippen MR) is 55.3 cm³/mol. The quantitative estimate of drug-likeness (QED) is 0.606. The van der Waals surface area contributed by atoms with E-state index in [0.717, 1.165) is 35.0 Å². The van der Waals surface area contributed by atoms with E-state index in [1.165, 1.54) is 18.8 Å². The molecule has 0 spiro atoms. The molecule has 6 unspecified atom stereocenters. The van der Waals surface area contributed by atoms with Crippen LogP contribution < -0.4 is 0 Å². The predicted octanol–water partition coefficient (Wildman–Crippen LogP) is 3.57. The fourth-order valence-corrected chi connectivity index (χ4v) is 4.49. The van der Waals surface area contributed by atoms with Crippen molar-refractivity contribution >= 4 is 0 Å². The van der Waals surface area contributed by atoms with E-state index in [9.17, 15) is 0 Å². The average Bonchev–Trinajstić information content (AvgIpc) is 2.86. The lowest BCUT2D eigenvalue weighted by Crippen LogP contribution is -2.26. The number of fused-ring (bicyclic) bond motifs is 1. The summed E-state index contributed by atoms with van der Waals surface area (Å²) in [6, 6.07) is 0. The van der Waals surface area contributed by atoms with Gasteiger partial charge in [0, 0.05) is 0 Å². The lowest BCUT2D eigenvalue weighted by Gasteiger charge is -2.31. The van der Waals surface area contributed by atoms with Crippen LogP contribution >= 0.6 is 0 Å². The van der Waals surface area contributed by atoms with Crippen LogP contribution in [0.1, 0.15) is 40.5 Å². The van der Waals surface area contributed by atoms with Crippen LogP contribution in [0.15, 0.2) is 0 Å². The normalized spacial score (nSPS) is 60.9.